The van der Waals surface area contributed by atoms with E-state index in [0.29, 0.717) is 6.04 Å². The lowest BCUT2D eigenvalue weighted by atomic mass is 10.2. The zero-order valence-electron chi connectivity index (χ0n) is 14.7. The number of rotatable bonds is 4. The Bertz CT molecular complexity index is 554. The fourth-order valence-corrected chi connectivity index (χ4v) is 4.62. The van der Waals surface area contributed by atoms with Crippen molar-refractivity contribution in [2.75, 3.05) is 61.5 Å². The van der Waals surface area contributed by atoms with E-state index in [1.165, 1.54) is 0 Å². The average Bonchev–Trinajstić information content (AvgIpc) is 3.16. The molecule has 0 bridgehead atoms. The molecular formula is C18H28N4OS. The number of para-hydroxylation sites is 2. The summed E-state index contributed by atoms with van der Waals surface area (Å²) < 4.78 is 0. The Balaban J connectivity index is 1.66. The van der Waals surface area contributed by atoms with Crippen molar-refractivity contribution >= 4 is 29.2 Å². The Morgan fingerprint density at radius 1 is 1.29 bits per heavy atom. The van der Waals surface area contributed by atoms with Gasteiger partial charge in [-0.1, -0.05) is 19.1 Å². The predicted octanol–water partition coefficient (Wildman–Crippen LogP) is 2.80. The molecular weight excluding hydrogens is 320 g/mol. The maximum atomic E-state index is 12.6. The first kappa shape index (κ1) is 17.4. The molecule has 3 rings (SSSR count). The van der Waals surface area contributed by atoms with E-state index in [0.717, 1.165) is 62.0 Å². The van der Waals surface area contributed by atoms with Gasteiger partial charge in [-0.15, -0.1) is 0 Å². The molecule has 1 atom stereocenters. The van der Waals surface area contributed by atoms with Gasteiger partial charge >= 0.3 is 6.03 Å². The summed E-state index contributed by atoms with van der Waals surface area (Å²) in [4.78, 5) is 19.3. The molecule has 2 aliphatic rings. The monoisotopic (exact) mass is 348 g/mol. The van der Waals surface area contributed by atoms with Crippen LogP contribution in [0.15, 0.2) is 24.3 Å². The highest BCUT2D eigenvalue weighted by molar-refractivity contribution is 7.99. The van der Waals surface area contributed by atoms with Gasteiger partial charge in [0.15, 0.2) is 0 Å². The number of benzene rings is 1. The molecule has 1 N–H and O–H groups in total. The number of piperazine rings is 1. The van der Waals surface area contributed by atoms with Gasteiger partial charge < -0.3 is 20.0 Å². The minimum Gasteiger partial charge on any atom is -0.367 e. The summed E-state index contributed by atoms with van der Waals surface area (Å²) in [6.07, 6.45) is 1.09. The van der Waals surface area contributed by atoms with Gasteiger partial charge in [-0.3, -0.25) is 0 Å². The second kappa shape index (κ2) is 8.12. The van der Waals surface area contributed by atoms with Crippen molar-refractivity contribution < 1.29 is 4.79 Å². The van der Waals surface area contributed by atoms with E-state index in [2.05, 4.69) is 34.2 Å². The lowest BCUT2D eigenvalue weighted by Crippen LogP contribution is -2.46. The first-order valence-electron chi connectivity index (χ1n) is 8.87. The van der Waals surface area contributed by atoms with Crippen LogP contribution in [-0.2, 0) is 0 Å². The number of carbonyl (C=O) groups excluding carboxylic acids is 1. The molecule has 0 aliphatic carbocycles. The smallest absolute Gasteiger partial charge is 0.321 e. The number of urea groups is 1. The molecule has 0 unspecified atom stereocenters. The van der Waals surface area contributed by atoms with Gasteiger partial charge in [-0.2, -0.15) is 11.8 Å². The highest BCUT2D eigenvalue weighted by Crippen LogP contribution is 2.28. The molecule has 6 heteroatoms. The molecule has 2 fully saturated rings. The molecule has 0 spiro atoms. The van der Waals surface area contributed by atoms with Crippen LogP contribution < -0.4 is 10.2 Å². The topological polar surface area (TPSA) is 38.8 Å². The molecule has 2 aliphatic heterocycles. The lowest BCUT2D eigenvalue weighted by molar-refractivity contribution is 0.209. The Morgan fingerprint density at radius 2 is 2.04 bits per heavy atom. The number of thioether (sulfide) groups is 1. The molecule has 2 saturated heterocycles. The normalized spacial score (nSPS) is 21.8. The highest BCUT2D eigenvalue weighted by Gasteiger charge is 2.25. The Labute approximate surface area is 149 Å². The number of nitrogens with zero attached hydrogens (tertiary/aromatic N) is 3. The van der Waals surface area contributed by atoms with Crippen molar-refractivity contribution in [3.63, 3.8) is 0 Å². The van der Waals surface area contributed by atoms with Crippen LogP contribution in [0.3, 0.4) is 0 Å². The van der Waals surface area contributed by atoms with Crippen LogP contribution in [-0.4, -0.2) is 73.1 Å². The zero-order chi connectivity index (χ0) is 16.9. The van der Waals surface area contributed by atoms with Gasteiger partial charge in [0.05, 0.1) is 11.4 Å². The summed E-state index contributed by atoms with van der Waals surface area (Å²) in [6, 6.07) is 8.53. The fourth-order valence-electron chi connectivity index (χ4n) is 3.36. The molecule has 0 radical (unpaired) electrons. The molecule has 1 aromatic carbocycles. The fraction of sp³-hybridized carbons (Fsp3) is 0.611. The Kier molecular flexibility index (Phi) is 5.89. The van der Waals surface area contributed by atoms with Crippen molar-refractivity contribution in [3.8, 4) is 0 Å². The third-order valence-electron chi connectivity index (χ3n) is 5.08. The third-order valence-corrected chi connectivity index (χ3v) is 6.22. The summed E-state index contributed by atoms with van der Waals surface area (Å²) in [5, 5.41) is 3.13. The van der Waals surface area contributed by atoms with Gasteiger partial charge in [-0.25, -0.2) is 4.79 Å². The maximum Gasteiger partial charge on any atom is 0.321 e. The largest absolute Gasteiger partial charge is 0.367 e. The van der Waals surface area contributed by atoms with Gasteiger partial charge in [0.1, 0.15) is 0 Å². The van der Waals surface area contributed by atoms with E-state index in [-0.39, 0.29) is 6.03 Å². The molecule has 2 amide bonds. The third kappa shape index (κ3) is 3.98. The van der Waals surface area contributed by atoms with Crippen molar-refractivity contribution in [3.05, 3.63) is 24.3 Å². The van der Waals surface area contributed by atoms with Crippen molar-refractivity contribution in [2.24, 2.45) is 0 Å². The van der Waals surface area contributed by atoms with Gasteiger partial charge in [0.2, 0.25) is 0 Å². The van der Waals surface area contributed by atoms with Crippen LogP contribution in [0, 0.1) is 0 Å². The van der Waals surface area contributed by atoms with Crippen LogP contribution in [0.25, 0.3) is 0 Å². The van der Waals surface area contributed by atoms with Gasteiger partial charge in [0.25, 0.3) is 0 Å². The van der Waals surface area contributed by atoms with Gasteiger partial charge in [0, 0.05) is 45.0 Å². The van der Waals surface area contributed by atoms with Crippen LogP contribution in [0.5, 0.6) is 0 Å². The zero-order valence-corrected chi connectivity index (χ0v) is 15.5. The summed E-state index contributed by atoms with van der Waals surface area (Å²) in [7, 11) is 1.91. The van der Waals surface area contributed by atoms with E-state index in [9.17, 15) is 4.79 Å². The maximum absolute atomic E-state index is 12.6. The van der Waals surface area contributed by atoms with E-state index >= 15 is 0 Å². The van der Waals surface area contributed by atoms with E-state index in [1.807, 2.05) is 35.8 Å². The van der Waals surface area contributed by atoms with Gasteiger partial charge in [-0.05, 0) is 30.9 Å². The molecule has 0 saturated carbocycles. The molecule has 0 aromatic heterocycles. The van der Waals surface area contributed by atoms with Crippen LogP contribution >= 0.6 is 11.8 Å². The van der Waals surface area contributed by atoms with Crippen LogP contribution in [0.2, 0.25) is 0 Å². The first-order chi connectivity index (χ1) is 11.7. The number of hydrogen-bond acceptors (Lipinski definition) is 4. The molecule has 5 nitrogen and oxygen atoms in total. The average molecular weight is 349 g/mol. The number of likely N-dealkylation sites (N-methyl/N-ethyl adjacent to an activating group) is 1. The molecule has 1 aromatic rings. The molecule has 132 valence electrons. The van der Waals surface area contributed by atoms with Crippen molar-refractivity contribution in [1.82, 2.24) is 9.80 Å². The van der Waals surface area contributed by atoms with E-state index in [4.69, 9.17) is 0 Å². The van der Waals surface area contributed by atoms with Crippen molar-refractivity contribution in [2.45, 2.75) is 19.4 Å². The highest BCUT2D eigenvalue weighted by atomic mass is 32.2. The van der Waals surface area contributed by atoms with Crippen molar-refractivity contribution in [1.29, 1.82) is 0 Å². The number of hydrogen-bond donors (Lipinski definition) is 1. The minimum atomic E-state index is 0.00199. The lowest BCUT2D eigenvalue weighted by Gasteiger charge is -2.36. The second-order valence-corrected chi connectivity index (χ2v) is 7.65. The Morgan fingerprint density at radius 3 is 2.71 bits per heavy atom. The SMILES string of the molecule is CCN1CCN(c2ccccc2NC(=O)N(C)[C@@H]2CCSC2)CC1. The second-order valence-electron chi connectivity index (χ2n) is 6.50. The standard InChI is InChI=1S/C18H28N4OS/c1-3-21-9-11-22(12-10-21)17-7-5-4-6-16(17)19-18(23)20(2)15-8-13-24-14-15/h4-7,15H,3,8-14H2,1-2H3,(H,19,23)/t15-/m1/s1. The molecule has 24 heavy (non-hydrogen) atoms. The molecule has 2 heterocycles. The summed E-state index contributed by atoms with van der Waals surface area (Å²) in [5.41, 5.74) is 2.06. The quantitative estimate of drug-likeness (QED) is 0.908. The minimum absolute atomic E-state index is 0.00199. The Hall–Kier alpha value is -1.40. The summed E-state index contributed by atoms with van der Waals surface area (Å²) in [5.74, 6) is 2.20. The summed E-state index contributed by atoms with van der Waals surface area (Å²) >= 11 is 1.93. The van der Waals surface area contributed by atoms with Crippen LogP contribution in [0.4, 0.5) is 16.2 Å². The van der Waals surface area contributed by atoms with E-state index in [1.54, 1.807) is 0 Å². The number of carbonyl (C=O) groups is 1. The number of amides is 2. The van der Waals surface area contributed by atoms with E-state index < -0.39 is 0 Å². The van der Waals surface area contributed by atoms with Crippen LogP contribution in [0.1, 0.15) is 13.3 Å². The predicted molar refractivity (Wildman–Crippen MR) is 103 cm³/mol. The first-order valence-corrected chi connectivity index (χ1v) is 10.0. The number of anilines is 2. The summed E-state index contributed by atoms with van der Waals surface area (Å²) in [6.45, 7) is 7.50. The number of nitrogens with one attached hydrogen (secondary N) is 1.